The van der Waals surface area contributed by atoms with E-state index in [9.17, 15) is 15.0 Å². The number of rotatable bonds is 2. The standard InChI is InChI=1S/C24H30O3/c1-23(2,3)18-11-16(12-19(22(18)27)24(4,5)6)21(26)17-10-14-8-7-9-15(14)13-20(17)25/h10-13,25,27H,7-9H2,1-6H3. The Bertz CT molecular complexity index is 873. The lowest BCUT2D eigenvalue weighted by Gasteiger charge is -2.28. The van der Waals surface area contributed by atoms with Crippen LogP contribution >= 0.6 is 0 Å². The highest BCUT2D eigenvalue weighted by atomic mass is 16.3. The number of fused-ring (bicyclic) bond motifs is 1. The van der Waals surface area contributed by atoms with Gasteiger partial charge in [0.25, 0.3) is 0 Å². The maximum absolute atomic E-state index is 13.3. The van der Waals surface area contributed by atoms with Crippen molar-refractivity contribution >= 4 is 5.78 Å². The molecule has 1 aliphatic carbocycles. The number of carbonyl (C=O) groups is 1. The minimum absolute atomic E-state index is 0.0448. The van der Waals surface area contributed by atoms with Gasteiger partial charge in [0.15, 0.2) is 5.78 Å². The van der Waals surface area contributed by atoms with E-state index in [1.165, 1.54) is 0 Å². The van der Waals surface area contributed by atoms with E-state index in [0.29, 0.717) is 11.1 Å². The molecule has 0 spiro atoms. The van der Waals surface area contributed by atoms with Gasteiger partial charge < -0.3 is 10.2 Å². The van der Waals surface area contributed by atoms with Gasteiger partial charge in [-0.25, -0.2) is 0 Å². The maximum atomic E-state index is 13.3. The zero-order chi connectivity index (χ0) is 20.1. The van der Waals surface area contributed by atoms with Gasteiger partial charge in [-0.1, -0.05) is 41.5 Å². The van der Waals surface area contributed by atoms with E-state index in [1.807, 2.05) is 47.6 Å². The quantitative estimate of drug-likeness (QED) is 0.699. The topological polar surface area (TPSA) is 57.5 Å². The number of hydrogen-bond acceptors (Lipinski definition) is 3. The Morgan fingerprint density at radius 2 is 1.30 bits per heavy atom. The summed E-state index contributed by atoms with van der Waals surface area (Å²) in [6.45, 7) is 12.1. The summed E-state index contributed by atoms with van der Waals surface area (Å²) in [5.74, 6) is 0.103. The van der Waals surface area contributed by atoms with Gasteiger partial charge in [-0.3, -0.25) is 4.79 Å². The lowest BCUT2D eigenvalue weighted by Crippen LogP contribution is -2.19. The van der Waals surface area contributed by atoms with E-state index < -0.39 is 0 Å². The van der Waals surface area contributed by atoms with Crippen molar-refractivity contribution in [3.05, 3.63) is 57.6 Å². The number of carbonyl (C=O) groups excluding carboxylic acids is 1. The van der Waals surface area contributed by atoms with Gasteiger partial charge in [0.05, 0.1) is 5.56 Å². The molecule has 0 fully saturated rings. The average Bonchev–Trinajstić information content (AvgIpc) is 2.98. The number of phenols is 2. The second-order valence-electron chi connectivity index (χ2n) is 9.74. The molecule has 144 valence electrons. The first-order valence-electron chi connectivity index (χ1n) is 9.67. The fourth-order valence-electron chi connectivity index (χ4n) is 3.86. The predicted octanol–water partition coefficient (Wildman–Crippen LogP) is 5.41. The van der Waals surface area contributed by atoms with Gasteiger partial charge in [0.1, 0.15) is 11.5 Å². The van der Waals surface area contributed by atoms with Crippen LogP contribution in [0.3, 0.4) is 0 Å². The molecule has 0 atom stereocenters. The molecule has 3 rings (SSSR count). The number of phenolic OH excluding ortho intramolecular Hbond substituents is 2. The highest BCUT2D eigenvalue weighted by Gasteiger charge is 2.29. The lowest BCUT2D eigenvalue weighted by atomic mass is 9.77. The van der Waals surface area contributed by atoms with Crippen molar-refractivity contribution in [2.45, 2.75) is 71.6 Å². The number of aromatic hydroxyl groups is 2. The zero-order valence-corrected chi connectivity index (χ0v) is 17.2. The molecule has 2 N–H and O–H groups in total. The molecule has 0 saturated carbocycles. The van der Waals surface area contributed by atoms with E-state index in [1.54, 1.807) is 18.2 Å². The monoisotopic (exact) mass is 366 g/mol. The Morgan fingerprint density at radius 3 is 1.78 bits per heavy atom. The van der Waals surface area contributed by atoms with E-state index in [0.717, 1.165) is 41.5 Å². The summed E-state index contributed by atoms with van der Waals surface area (Å²) in [6, 6.07) is 7.14. The number of hydrogen-bond donors (Lipinski definition) is 2. The molecule has 27 heavy (non-hydrogen) atoms. The maximum Gasteiger partial charge on any atom is 0.196 e. The molecule has 1 aliphatic rings. The minimum atomic E-state index is -0.305. The molecule has 0 aliphatic heterocycles. The lowest BCUT2D eigenvalue weighted by molar-refractivity contribution is 0.103. The molecule has 0 radical (unpaired) electrons. The second-order valence-corrected chi connectivity index (χ2v) is 9.74. The van der Waals surface area contributed by atoms with Crippen LogP contribution in [-0.4, -0.2) is 16.0 Å². The van der Waals surface area contributed by atoms with Crippen LogP contribution < -0.4 is 0 Å². The molecule has 0 saturated heterocycles. The predicted molar refractivity (Wildman–Crippen MR) is 109 cm³/mol. The van der Waals surface area contributed by atoms with Gasteiger partial charge in [0, 0.05) is 16.7 Å². The van der Waals surface area contributed by atoms with Crippen molar-refractivity contribution in [3.8, 4) is 11.5 Å². The summed E-state index contributed by atoms with van der Waals surface area (Å²) < 4.78 is 0. The first kappa shape index (κ1) is 19.5. The highest BCUT2D eigenvalue weighted by molar-refractivity contribution is 6.11. The first-order valence-corrected chi connectivity index (χ1v) is 9.67. The van der Waals surface area contributed by atoms with E-state index in [4.69, 9.17) is 0 Å². The van der Waals surface area contributed by atoms with E-state index in [2.05, 4.69) is 0 Å². The van der Waals surface area contributed by atoms with Crippen molar-refractivity contribution in [1.82, 2.24) is 0 Å². The number of benzene rings is 2. The molecule has 0 aromatic heterocycles. The van der Waals surface area contributed by atoms with Gasteiger partial charge >= 0.3 is 0 Å². The summed E-state index contributed by atoms with van der Waals surface area (Å²) in [6.07, 6.45) is 2.97. The Labute approximate surface area is 162 Å². The van der Waals surface area contributed by atoms with Gasteiger partial charge in [-0.15, -0.1) is 0 Å². The Kier molecular flexibility index (Phi) is 4.62. The zero-order valence-electron chi connectivity index (χ0n) is 17.2. The van der Waals surface area contributed by atoms with Crippen molar-refractivity contribution in [1.29, 1.82) is 0 Å². The normalized spacial score (nSPS) is 14.3. The van der Waals surface area contributed by atoms with Crippen LogP contribution in [0, 0.1) is 0 Å². The van der Waals surface area contributed by atoms with E-state index >= 15 is 0 Å². The smallest absolute Gasteiger partial charge is 0.196 e. The molecule has 3 nitrogen and oxygen atoms in total. The second kappa shape index (κ2) is 6.40. The van der Waals surface area contributed by atoms with Crippen molar-refractivity contribution < 1.29 is 15.0 Å². The van der Waals surface area contributed by atoms with Crippen LogP contribution in [0.1, 0.15) is 86.1 Å². The molecular formula is C24H30O3. The SMILES string of the molecule is CC(C)(C)c1cc(C(=O)c2cc3c(cc2O)CCC3)cc(C(C)(C)C)c1O. The Hall–Kier alpha value is -2.29. The largest absolute Gasteiger partial charge is 0.507 e. The summed E-state index contributed by atoms with van der Waals surface area (Å²) in [5, 5.41) is 21.3. The fraction of sp³-hybridized carbons (Fsp3) is 0.458. The third kappa shape index (κ3) is 3.60. The fourth-order valence-corrected chi connectivity index (χ4v) is 3.86. The molecule has 2 aromatic carbocycles. The summed E-state index contributed by atoms with van der Waals surface area (Å²) >= 11 is 0. The van der Waals surface area contributed by atoms with Crippen LogP contribution in [-0.2, 0) is 23.7 Å². The van der Waals surface area contributed by atoms with E-state index in [-0.39, 0.29) is 28.1 Å². The first-order chi connectivity index (χ1) is 12.4. The third-order valence-corrected chi connectivity index (χ3v) is 5.44. The van der Waals surface area contributed by atoms with Crippen molar-refractivity contribution in [2.24, 2.45) is 0 Å². The Morgan fingerprint density at radius 1 is 0.815 bits per heavy atom. The summed E-state index contributed by atoms with van der Waals surface area (Å²) in [4.78, 5) is 13.3. The highest BCUT2D eigenvalue weighted by Crippen LogP contribution is 2.40. The van der Waals surface area contributed by atoms with Gasteiger partial charge in [-0.2, -0.15) is 0 Å². The number of aryl methyl sites for hydroxylation is 2. The number of ketones is 1. The van der Waals surface area contributed by atoms with Crippen molar-refractivity contribution in [2.75, 3.05) is 0 Å². The molecule has 0 bridgehead atoms. The molecule has 2 aromatic rings. The molecule has 0 amide bonds. The van der Waals surface area contributed by atoms with Crippen LogP contribution in [0.4, 0.5) is 0 Å². The average molecular weight is 367 g/mol. The van der Waals surface area contributed by atoms with Crippen LogP contribution in [0.5, 0.6) is 11.5 Å². The molecule has 0 heterocycles. The van der Waals surface area contributed by atoms with Crippen molar-refractivity contribution in [3.63, 3.8) is 0 Å². The van der Waals surface area contributed by atoms with Crippen LogP contribution in [0.15, 0.2) is 24.3 Å². The molecular weight excluding hydrogens is 336 g/mol. The summed E-state index contributed by atoms with van der Waals surface area (Å²) in [7, 11) is 0. The van der Waals surface area contributed by atoms with Crippen LogP contribution in [0.25, 0.3) is 0 Å². The Balaban J connectivity index is 2.18. The summed E-state index contributed by atoms with van der Waals surface area (Å²) in [5.41, 5.74) is 4.04. The molecule has 0 unspecified atom stereocenters. The van der Waals surface area contributed by atoms with Crippen LogP contribution in [0.2, 0.25) is 0 Å². The molecule has 3 heteroatoms. The van der Waals surface area contributed by atoms with Gasteiger partial charge in [0.2, 0.25) is 0 Å². The third-order valence-electron chi connectivity index (χ3n) is 5.44. The minimum Gasteiger partial charge on any atom is -0.507 e. The van der Waals surface area contributed by atoms with Gasteiger partial charge in [-0.05, 0) is 65.5 Å².